The average Bonchev–Trinajstić information content (AvgIpc) is 2.81. The largest absolute Gasteiger partial charge is 0.353 e. The van der Waals surface area contributed by atoms with Crippen LogP contribution in [0.25, 0.3) is 0 Å². The molecule has 0 radical (unpaired) electrons. The Labute approximate surface area is 188 Å². The first-order chi connectivity index (χ1) is 14.9. The van der Waals surface area contributed by atoms with Gasteiger partial charge in [0.05, 0.1) is 16.3 Å². The average molecular weight is 463 g/mol. The highest BCUT2D eigenvalue weighted by molar-refractivity contribution is 7.89. The molecule has 0 spiro atoms. The second kappa shape index (κ2) is 9.54. The molecule has 2 aliphatic heterocycles. The third kappa shape index (κ3) is 5.19. The van der Waals surface area contributed by atoms with Gasteiger partial charge in [0, 0.05) is 45.5 Å². The highest BCUT2D eigenvalue weighted by Crippen LogP contribution is 2.21. The van der Waals surface area contributed by atoms with Crippen LogP contribution >= 0.6 is 11.6 Å². The number of hydrogen-bond donors (Lipinski definition) is 0. The molecule has 2 aromatic rings. The number of anilines is 1. The molecule has 166 valence electrons. The molecule has 1 aromatic carbocycles. The lowest BCUT2D eigenvalue weighted by Gasteiger charge is -2.35. The molecular weight excluding hydrogens is 436 g/mol. The number of carbonyl (C=O) groups excluding carboxylic acids is 1. The van der Waals surface area contributed by atoms with Crippen molar-refractivity contribution in [3.63, 3.8) is 0 Å². The van der Waals surface area contributed by atoms with Crippen molar-refractivity contribution in [2.75, 3.05) is 44.2 Å². The molecule has 7 nitrogen and oxygen atoms in total. The summed E-state index contributed by atoms with van der Waals surface area (Å²) in [5.74, 6) is 0.914. The number of carbonyl (C=O) groups is 1. The first-order valence-corrected chi connectivity index (χ1v) is 12.5. The predicted octanol–water partition coefficient (Wildman–Crippen LogP) is 2.80. The molecule has 9 heteroatoms. The van der Waals surface area contributed by atoms with Crippen molar-refractivity contribution >= 4 is 33.3 Å². The normalized spacial score (nSPS) is 18.2. The number of aromatic nitrogens is 1. The molecule has 1 aromatic heterocycles. The Balaban J connectivity index is 1.32. The molecular formula is C22H27ClN4O3S. The number of piperidine rings is 1. The quantitative estimate of drug-likeness (QED) is 0.683. The highest BCUT2D eigenvalue weighted by Gasteiger charge is 2.26. The monoisotopic (exact) mass is 462 g/mol. The van der Waals surface area contributed by atoms with E-state index < -0.39 is 10.0 Å². The smallest absolute Gasteiger partial charge is 0.243 e. The Kier molecular flexibility index (Phi) is 6.79. The zero-order valence-corrected chi connectivity index (χ0v) is 19.0. The van der Waals surface area contributed by atoms with Gasteiger partial charge in [-0.1, -0.05) is 30.2 Å². The van der Waals surface area contributed by atoms with Crippen molar-refractivity contribution in [2.24, 2.45) is 0 Å². The molecule has 2 saturated heterocycles. The molecule has 0 unspecified atom stereocenters. The maximum atomic E-state index is 12.8. The summed E-state index contributed by atoms with van der Waals surface area (Å²) < 4.78 is 27.1. The van der Waals surface area contributed by atoms with E-state index in [4.69, 9.17) is 11.6 Å². The van der Waals surface area contributed by atoms with Crippen LogP contribution in [0.4, 0.5) is 5.82 Å². The number of halogens is 1. The van der Waals surface area contributed by atoms with Crippen LogP contribution < -0.4 is 4.90 Å². The third-order valence-electron chi connectivity index (χ3n) is 5.90. The van der Waals surface area contributed by atoms with E-state index in [0.717, 1.165) is 30.6 Å². The van der Waals surface area contributed by atoms with Gasteiger partial charge < -0.3 is 9.80 Å². The zero-order chi connectivity index (χ0) is 21.8. The Hall–Kier alpha value is -2.16. The lowest BCUT2D eigenvalue weighted by Crippen LogP contribution is -2.49. The maximum Gasteiger partial charge on any atom is 0.243 e. The van der Waals surface area contributed by atoms with Crippen LogP contribution in [0.1, 0.15) is 24.8 Å². The van der Waals surface area contributed by atoms with E-state index in [-0.39, 0.29) is 12.3 Å². The van der Waals surface area contributed by atoms with E-state index in [9.17, 15) is 13.2 Å². The summed E-state index contributed by atoms with van der Waals surface area (Å²) in [4.78, 5) is 21.4. The van der Waals surface area contributed by atoms with Gasteiger partial charge in [-0.2, -0.15) is 4.31 Å². The Morgan fingerprint density at radius 2 is 1.58 bits per heavy atom. The van der Waals surface area contributed by atoms with Crippen LogP contribution in [-0.2, 0) is 21.2 Å². The van der Waals surface area contributed by atoms with Crippen molar-refractivity contribution < 1.29 is 13.2 Å². The number of piperazine rings is 1. The van der Waals surface area contributed by atoms with Gasteiger partial charge in [-0.25, -0.2) is 13.4 Å². The summed E-state index contributed by atoms with van der Waals surface area (Å²) in [6.45, 7) is 3.86. The van der Waals surface area contributed by atoms with Crippen LogP contribution in [0, 0.1) is 0 Å². The van der Waals surface area contributed by atoms with Gasteiger partial charge in [-0.15, -0.1) is 0 Å². The topological polar surface area (TPSA) is 73.8 Å². The summed E-state index contributed by atoms with van der Waals surface area (Å²) in [5, 5.41) is 0.604. The molecule has 2 aliphatic rings. The second-order valence-electron chi connectivity index (χ2n) is 7.99. The van der Waals surface area contributed by atoms with E-state index in [1.54, 1.807) is 34.8 Å². The number of rotatable bonds is 5. The van der Waals surface area contributed by atoms with Crippen molar-refractivity contribution in [2.45, 2.75) is 30.6 Å². The number of pyridine rings is 1. The fourth-order valence-electron chi connectivity index (χ4n) is 4.06. The molecule has 31 heavy (non-hydrogen) atoms. The van der Waals surface area contributed by atoms with Crippen LogP contribution in [-0.4, -0.2) is 67.8 Å². The van der Waals surface area contributed by atoms with Crippen LogP contribution in [0.3, 0.4) is 0 Å². The van der Waals surface area contributed by atoms with Gasteiger partial charge >= 0.3 is 0 Å². The van der Waals surface area contributed by atoms with E-state index in [1.807, 2.05) is 17.0 Å². The SMILES string of the molecule is O=C(Cc1ccc(S(=O)(=O)N2CCCCC2)cc1)N1CCN(c2ccc(Cl)cn2)CC1. The minimum atomic E-state index is -3.44. The fourth-order valence-corrected chi connectivity index (χ4v) is 5.69. The summed E-state index contributed by atoms with van der Waals surface area (Å²) in [5.41, 5.74) is 0.824. The lowest BCUT2D eigenvalue weighted by molar-refractivity contribution is -0.130. The van der Waals surface area contributed by atoms with Gasteiger partial charge in [0.25, 0.3) is 0 Å². The molecule has 0 saturated carbocycles. The number of hydrogen-bond acceptors (Lipinski definition) is 5. The molecule has 0 atom stereocenters. The first-order valence-electron chi connectivity index (χ1n) is 10.7. The van der Waals surface area contributed by atoms with E-state index in [0.29, 0.717) is 49.2 Å². The van der Waals surface area contributed by atoms with Gasteiger partial charge in [-0.3, -0.25) is 4.79 Å². The van der Waals surface area contributed by atoms with Crippen molar-refractivity contribution in [1.82, 2.24) is 14.2 Å². The molecule has 3 heterocycles. The zero-order valence-electron chi connectivity index (χ0n) is 17.4. The maximum absolute atomic E-state index is 12.8. The first kappa shape index (κ1) is 22.0. The summed E-state index contributed by atoms with van der Waals surface area (Å²) >= 11 is 5.90. The van der Waals surface area contributed by atoms with Crippen molar-refractivity contribution in [1.29, 1.82) is 0 Å². The lowest BCUT2D eigenvalue weighted by atomic mass is 10.1. The minimum Gasteiger partial charge on any atom is -0.353 e. The van der Waals surface area contributed by atoms with Gasteiger partial charge in [0.2, 0.25) is 15.9 Å². The Morgan fingerprint density at radius 1 is 0.903 bits per heavy atom. The van der Waals surface area contributed by atoms with Crippen molar-refractivity contribution in [3.05, 3.63) is 53.2 Å². The van der Waals surface area contributed by atoms with E-state index in [1.165, 1.54) is 0 Å². The Bertz CT molecular complexity index is 998. The standard InChI is InChI=1S/C22H27ClN4O3S/c23-19-6-9-21(24-17-19)25-12-14-26(15-13-25)22(28)16-18-4-7-20(8-5-18)31(29,30)27-10-2-1-3-11-27/h4-9,17H,1-3,10-16H2. The number of benzene rings is 1. The molecule has 0 N–H and O–H groups in total. The van der Waals surface area contributed by atoms with Crippen LogP contribution in [0.15, 0.2) is 47.5 Å². The molecule has 0 aliphatic carbocycles. The van der Waals surface area contributed by atoms with Gasteiger partial charge in [0.1, 0.15) is 5.82 Å². The minimum absolute atomic E-state index is 0.0513. The Morgan fingerprint density at radius 3 is 2.19 bits per heavy atom. The third-order valence-corrected chi connectivity index (χ3v) is 8.04. The number of nitrogens with zero attached hydrogens (tertiary/aromatic N) is 4. The fraction of sp³-hybridized carbons (Fsp3) is 0.455. The van der Waals surface area contributed by atoms with Gasteiger partial charge in [-0.05, 0) is 42.7 Å². The van der Waals surface area contributed by atoms with Crippen LogP contribution in [0.5, 0.6) is 0 Å². The van der Waals surface area contributed by atoms with Crippen molar-refractivity contribution in [3.8, 4) is 0 Å². The van der Waals surface area contributed by atoms with Crippen LogP contribution in [0.2, 0.25) is 5.02 Å². The van der Waals surface area contributed by atoms with E-state index >= 15 is 0 Å². The molecule has 0 bridgehead atoms. The molecule has 1 amide bonds. The number of amides is 1. The summed E-state index contributed by atoms with van der Waals surface area (Å²) in [6.07, 6.45) is 4.80. The summed E-state index contributed by atoms with van der Waals surface area (Å²) in [6, 6.07) is 10.5. The van der Waals surface area contributed by atoms with E-state index in [2.05, 4.69) is 9.88 Å². The second-order valence-corrected chi connectivity index (χ2v) is 10.4. The molecule has 2 fully saturated rings. The predicted molar refractivity (Wildman–Crippen MR) is 121 cm³/mol. The number of sulfonamides is 1. The van der Waals surface area contributed by atoms with Gasteiger partial charge in [0.15, 0.2) is 0 Å². The summed E-state index contributed by atoms with van der Waals surface area (Å²) in [7, 11) is -3.44. The molecule has 4 rings (SSSR count). The highest BCUT2D eigenvalue weighted by atomic mass is 35.5.